The lowest BCUT2D eigenvalue weighted by Crippen LogP contribution is -2.39. The quantitative estimate of drug-likeness (QED) is 0.783. The molecule has 0 bridgehead atoms. The normalized spacial score (nSPS) is 15.9. The molecular formula is C16H16N2O2. The molecule has 1 aliphatic heterocycles. The van der Waals surface area contributed by atoms with Gasteiger partial charge in [0.25, 0.3) is 0 Å². The summed E-state index contributed by atoms with van der Waals surface area (Å²) in [6.45, 7) is 2.58. The van der Waals surface area contributed by atoms with E-state index >= 15 is 0 Å². The molecule has 0 unspecified atom stereocenters. The van der Waals surface area contributed by atoms with Crippen molar-refractivity contribution >= 4 is 22.9 Å². The summed E-state index contributed by atoms with van der Waals surface area (Å²) in [5, 5.41) is 1.08. The third kappa shape index (κ3) is 2.86. The predicted octanol–water partition coefficient (Wildman–Crippen LogP) is 2.11. The standard InChI is InChI=1S/C16H16N2O2/c19-16(18-7-9-20-10-8-18)6-5-13-11-14-3-1-2-4-15(14)17-12-13/h1-6,11-12H,7-10H2. The fourth-order valence-electron chi connectivity index (χ4n) is 2.24. The maximum Gasteiger partial charge on any atom is 0.246 e. The first-order valence-electron chi connectivity index (χ1n) is 6.72. The van der Waals surface area contributed by atoms with Crippen LogP contribution in [0.25, 0.3) is 17.0 Å². The number of rotatable bonds is 2. The summed E-state index contributed by atoms with van der Waals surface area (Å²) in [7, 11) is 0. The number of carbonyl (C=O) groups is 1. The predicted molar refractivity (Wildman–Crippen MR) is 78.2 cm³/mol. The Morgan fingerprint density at radius 3 is 2.90 bits per heavy atom. The number of amides is 1. The van der Waals surface area contributed by atoms with Gasteiger partial charge in [-0.05, 0) is 23.8 Å². The number of nitrogens with zero attached hydrogens (tertiary/aromatic N) is 2. The number of aromatic nitrogens is 1. The number of pyridine rings is 1. The third-order valence-corrected chi connectivity index (χ3v) is 3.35. The molecule has 1 aliphatic rings. The van der Waals surface area contributed by atoms with Crippen LogP contribution >= 0.6 is 0 Å². The lowest BCUT2D eigenvalue weighted by molar-refractivity contribution is -0.129. The molecule has 0 atom stereocenters. The van der Waals surface area contributed by atoms with Crippen molar-refractivity contribution in [2.75, 3.05) is 26.3 Å². The van der Waals surface area contributed by atoms with Gasteiger partial charge in [0.1, 0.15) is 0 Å². The average Bonchev–Trinajstić information content (AvgIpc) is 2.53. The summed E-state index contributed by atoms with van der Waals surface area (Å²) >= 11 is 0. The molecule has 4 heteroatoms. The highest BCUT2D eigenvalue weighted by Gasteiger charge is 2.13. The zero-order chi connectivity index (χ0) is 13.8. The highest BCUT2D eigenvalue weighted by atomic mass is 16.5. The largest absolute Gasteiger partial charge is 0.378 e. The first-order valence-corrected chi connectivity index (χ1v) is 6.72. The topological polar surface area (TPSA) is 42.4 Å². The molecule has 1 aromatic carbocycles. The van der Waals surface area contributed by atoms with Crippen LogP contribution in [0.2, 0.25) is 0 Å². The van der Waals surface area contributed by atoms with Crippen LogP contribution in [0.5, 0.6) is 0 Å². The Morgan fingerprint density at radius 2 is 2.05 bits per heavy atom. The van der Waals surface area contributed by atoms with Gasteiger partial charge in [0, 0.05) is 30.7 Å². The van der Waals surface area contributed by atoms with Crippen LogP contribution in [0.15, 0.2) is 42.6 Å². The maximum absolute atomic E-state index is 12.0. The highest BCUT2D eigenvalue weighted by Crippen LogP contribution is 2.13. The van der Waals surface area contributed by atoms with Crippen LogP contribution in [0, 0.1) is 0 Å². The summed E-state index contributed by atoms with van der Waals surface area (Å²) in [5.41, 5.74) is 1.90. The minimum Gasteiger partial charge on any atom is -0.378 e. The fraction of sp³-hybridized carbons (Fsp3) is 0.250. The number of fused-ring (bicyclic) bond motifs is 1. The van der Waals surface area contributed by atoms with Crippen molar-refractivity contribution in [3.8, 4) is 0 Å². The van der Waals surface area contributed by atoms with Crippen LogP contribution in [0.4, 0.5) is 0 Å². The molecule has 2 aromatic rings. The van der Waals surface area contributed by atoms with Crippen molar-refractivity contribution in [2.24, 2.45) is 0 Å². The molecule has 1 fully saturated rings. The van der Waals surface area contributed by atoms with Gasteiger partial charge in [0.2, 0.25) is 5.91 Å². The Morgan fingerprint density at radius 1 is 1.25 bits per heavy atom. The fourth-order valence-corrected chi connectivity index (χ4v) is 2.24. The van der Waals surface area contributed by atoms with E-state index in [1.807, 2.05) is 36.4 Å². The van der Waals surface area contributed by atoms with Gasteiger partial charge in [-0.3, -0.25) is 9.78 Å². The zero-order valence-electron chi connectivity index (χ0n) is 11.2. The van der Waals surface area contributed by atoms with Crippen molar-refractivity contribution in [2.45, 2.75) is 0 Å². The summed E-state index contributed by atoms with van der Waals surface area (Å²) in [4.78, 5) is 18.2. The van der Waals surface area contributed by atoms with Gasteiger partial charge in [-0.2, -0.15) is 0 Å². The summed E-state index contributed by atoms with van der Waals surface area (Å²) in [5.74, 6) is 0.0291. The van der Waals surface area contributed by atoms with E-state index in [4.69, 9.17) is 4.74 Å². The van der Waals surface area contributed by atoms with Crippen molar-refractivity contribution < 1.29 is 9.53 Å². The van der Waals surface area contributed by atoms with Gasteiger partial charge in [0.15, 0.2) is 0 Å². The van der Waals surface area contributed by atoms with Gasteiger partial charge in [-0.1, -0.05) is 18.2 Å². The second kappa shape index (κ2) is 5.84. The third-order valence-electron chi connectivity index (χ3n) is 3.35. The number of benzene rings is 1. The first kappa shape index (κ1) is 12.8. The molecule has 1 saturated heterocycles. The van der Waals surface area contributed by atoms with Gasteiger partial charge in [-0.15, -0.1) is 0 Å². The Kier molecular flexibility index (Phi) is 3.74. The molecule has 0 N–H and O–H groups in total. The van der Waals surface area contributed by atoms with E-state index in [0.717, 1.165) is 16.5 Å². The van der Waals surface area contributed by atoms with E-state index in [1.165, 1.54) is 0 Å². The molecule has 0 spiro atoms. The smallest absolute Gasteiger partial charge is 0.246 e. The minimum absolute atomic E-state index is 0.0291. The summed E-state index contributed by atoms with van der Waals surface area (Å²) in [6.07, 6.45) is 5.21. The molecule has 20 heavy (non-hydrogen) atoms. The Balaban J connectivity index is 1.74. The van der Waals surface area contributed by atoms with Gasteiger partial charge in [-0.25, -0.2) is 0 Å². The number of morpholine rings is 1. The number of ether oxygens (including phenoxy) is 1. The van der Waals surface area contributed by atoms with Crippen LogP contribution in [0.1, 0.15) is 5.56 Å². The number of carbonyl (C=O) groups excluding carboxylic acids is 1. The molecule has 4 nitrogen and oxygen atoms in total. The molecule has 1 aromatic heterocycles. The number of hydrogen-bond acceptors (Lipinski definition) is 3. The van der Waals surface area contributed by atoms with Crippen LogP contribution < -0.4 is 0 Å². The van der Waals surface area contributed by atoms with E-state index in [9.17, 15) is 4.79 Å². The Labute approximate surface area is 117 Å². The van der Waals surface area contributed by atoms with Crippen molar-refractivity contribution in [1.82, 2.24) is 9.88 Å². The Hall–Kier alpha value is -2.20. The van der Waals surface area contributed by atoms with Crippen LogP contribution in [-0.4, -0.2) is 42.1 Å². The van der Waals surface area contributed by atoms with Gasteiger partial charge in [0.05, 0.1) is 18.7 Å². The molecule has 0 radical (unpaired) electrons. The van der Waals surface area contributed by atoms with Crippen LogP contribution in [-0.2, 0) is 9.53 Å². The number of para-hydroxylation sites is 1. The summed E-state index contributed by atoms with van der Waals surface area (Å²) in [6, 6.07) is 9.97. The molecule has 102 valence electrons. The zero-order valence-corrected chi connectivity index (χ0v) is 11.2. The van der Waals surface area contributed by atoms with E-state index in [2.05, 4.69) is 4.98 Å². The number of hydrogen-bond donors (Lipinski definition) is 0. The van der Waals surface area contributed by atoms with Crippen molar-refractivity contribution in [3.05, 3.63) is 48.2 Å². The van der Waals surface area contributed by atoms with Gasteiger partial charge < -0.3 is 9.64 Å². The lowest BCUT2D eigenvalue weighted by Gasteiger charge is -2.25. The SMILES string of the molecule is O=C(C=Cc1cnc2ccccc2c1)N1CCOCC1. The van der Waals surface area contributed by atoms with E-state index in [0.29, 0.717) is 26.3 Å². The van der Waals surface area contributed by atoms with E-state index in [-0.39, 0.29) is 5.91 Å². The van der Waals surface area contributed by atoms with Crippen LogP contribution in [0.3, 0.4) is 0 Å². The average molecular weight is 268 g/mol. The monoisotopic (exact) mass is 268 g/mol. The first-order chi connectivity index (χ1) is 9.83. The minimum atomic E-state index is 0.0291. The van der Waals surface area contributed by atoms with Gasteiger partial charge >= 0.3 is 0 Å². The molecule has 2 heterocycles. The highest BCUT2D eigenvalue weighted by molar-refractivity contribution is 5.92. The summed E-state index contributed by atoms with van der Waals surface area (Å²) < 4.78 is 5.23. The second-order valence-corrected chi connectivity index (χ2v) is 4.73. The van der Waals surface area contributed by atoms with Crippen molar-refractivity contribution in [1.29, 1.82) is 0 Å². The molecule has 3 rings (SSSR count). The molecule has 1 amide bonds. The van der Waals surface area contributed by atoms with Crippen molar-refractivity contribution in [3.63, 3.8) is 0 Å². The molecule has 0 saturated carbocycles. The molecule has 0 aliphatic carbocycles. The van der Waals surface area contributed by atoms with E-state index < -0.39 is 0 Å². The second-order valence-electron chi connectivity index (χ2n) is 4.73. The Bertz CT molecular complexity index is 646. The maximum atomic E-state index is 12.0. The van der Waals surface area contributed by atoms with E-state index in [1.54, 1.807) is 17.2 Å². The molecular weight excluding hydrogens is 252 g/mol. The lowest BCUT2D eigenvalue weighted by atomic mass is 10.1.